The van der Waals surface area contributed by atoms with Crippen molar-refractivity contribution >= 4 is 17.4 Å². The maximum absolute atomic E-state index is 13.5. The number of hydrogen-bond donors (Lipinski definition) is 0. The first-order valence-corrected chi connectivity index (χ1v) is 5.61. The number of halogens is 5. The molecule has 106 valence electrons. The average Bonchev–Trinajstić information content (AvgIpc) is 2.80. The molecule has 0 bridgehead atoms. The summed E-state index contributed by atoms with van der Waals surface area (Å²) in [6.45, 7) is -0.232. The summed E-state index contributed by atoms with van der Waals surface area (Å²) in [4.78, 5) is 10.9. The van der Waals surface area contributed by atoms with Crippen LogP contribution in [-0.4, -0.2) is 27.0 Å². The fourth-order valence-electron chi connectivity index (χ4n) is 1.47. The van der Waals surface area contributed by atoms with Crippen molar-refractivity contribution in [1.82, 2.24) is 15.0 Å². The Balaban J connectivity index is 2.25. The van der Waals surface area contributed by atoms with E-state index in [4.69, 9.17) is 11.6 Å². The van der Waals surface area contributed by atoms with Crippen molar-refractivity contribution in [3.05, 3.63) is 46.5 Å². The van der Waals surface area contributed by atoms with Crippen LogP contribution in [0.15, 0.2) is 24.4 Å². The van der Waals surface area contributed by atoms with Gasteiger partial charge in [0.2, 0.25) is 0 Å². The van der Waals surface area contributed by atoms with Gasteiger partial charge in [0.05, 0.1) is 12.7 Å². The third-order valence-corrected chi connectivity index (χ3v) is 2.76. The highest BCUT2D eigenvalue weighted by Crippen LogP contribution is 2.22. The van der Waals surface area contributed by atoms with Crippen molar-refractivity contribution < 1.29 is 22.4 Å². The minimum Gasteiger partial charge on any atom is -0.282 e. The Morgan fingerprint density at radius 1 is 1.35 bits per heavy atom. The summed E-state index contributed by atoms with van der Waals surface area (Å²) in [7, 11) is 0. The zero-order chi connectivity index (χ0) is 14.9. The van der Waals surface area contributed by atoms with E-state index in [1.165, 1.54) is 12.1 Å². The van der Waals surface area contributed by atoms with Gasteiger partial charge < -0.3 is 0 Å². The highest BCUT2D eigenvalue weighted by atomic mass is 35.5. The van der Waals surface area contributed by atoms with Crippen LogP contribution in [0.5, 0.6) is 0 Å². The molecule has 0 unspecified atom stereocenters. The van der Waals surface area contributed by atoms with Crippen LogP contribution in [0.2, 0.25) is 5.02 Å². The van der Waals surface area contributed by atoms with Crippen molar-refractivity contribution in [3.8, 4) is 0 Å². The highest BCUT2D eigenvalue weighted by molar-refractivity contribution is 6.31. The summed E-state index contributed by atoms with van der Waals surface area (Å²) in [6, 6.07) is 3.97. The van der Waals surface area contributed by atoms with Crippen LogP contribution in [0.4, 0.5) is 17.6 Å². The topological polar surface area (TPSA) is 47.8 Å². The molecule has 4 nitrogen and oxygen atoms in total. The SMILES string of the molecule is O=C(c1cn(Cc2c(F)cccc2Cl)nn1)C(F)(F)F. The van der Waals surface area contributed by atoms with E-state index in [0.717, 1.165) is 16.9 Å². The molecule has 0 N–H and O–H groups in total. The molecule has 0 saturated carbocycles. The van der Waals surface area contributed by atoms with Gasteiger partial charge in [-0.15, -0.1) is 5.10 Å². The number of benzene rings is 1. The minimum absolute atomic E-state index is 0.0464. The van der Waals surface area contributed by atoms with Crippen molar-refractivity contribution in [1.29, 1.82) is 0 Å². The lowest BCUT2D eigenvalue weighted by Gasteiger charge is -2.05. The Kier molecular flexibility index (Phi) is 3.76. The molecule has 9 heteroatoms. The third kappa shape index (κ3) is 2.96. The van der Waals surface area contributed by atoms with E-state index in [9.17, 15) is 22.4 Å². The maximum Gasteiger partial charge on any atom is 0.456 e. The van der Waals surface area contributed by atoms with Crippen LogP contribution in [0.1, 0.15) is 16.1 Å². The second kappa shape index (κ2) is 5.20. The number of carbonyl (C=O) groups excluding carboxylic acids is 1. The Labute approximate surface area is 115 Å². The predicted octanol–water partition coefficient (Wildman–Crippen LogP) is 2.86. The summed E-state index contributed by atoms with van der Waals surface area (Å²) in [5, 5.41) is 6.57. The average molecular weight is 308 g/mol. The van der Waals surface area contributed by atoms with Crippen LogP contribution in [0.3, 0.4) is 0 Å². The summed E-state index contributed by atoms with van der Waals surface area (Å²) in [5.74, 6) is -2.74. The lowest BCUT2D eigenvalue weighted by atomic mass is 10.2. The zero-order valence-electron chi connectivity index (χ0n) is 9.66. The highest BCUT2D eigenvalue weighted by Gasteiger charge is 2.41. The summed E-state index contributed by atoms with van der Waals surface area (Å²) in [5.41, 5.74) is -0.810. The minimum atomic E-state index is -5.03. The Hall–Kier alpha value is -1.96. The Morgan fingerprint density at radius 3 is 2.65 bits per heavy atom. The molecule has 1 aromatic carbocycles. The monoisotopic (exact) mass is 307 g/mol. The molecule has 20 heavy (non-hydrogen) atoms. The molecule has 0 aliphatic carbocycles. The standard InChI is InChI=1S/C11H6ClF4N3O/c12-7-2-1-3-8(13)6(7)4-19-5-9(17-18-19)10(20)11(14,15)16/h1-3,5H,4H2. The van der Waals surface area contributed by atoms with Crippen LogP contribution in [0, 0.1) is 5.82 Å². The molecule has 0 aliphatic rings. The predicted molar refractivity (Wildman–Crippen MR) is 60.9 cm³/mol. The number of nitrogens with zero attached hydrogens (tertiary/aromatic N) is 3. The summed E-state index contributed by atoms with van der Waals surface area (Å²) in [6.07, 6.45) is -4.24. The number of hydrogen-bond acceptors (Lipinski definition) is 3. The molecule has 0 spiro atoms. The first-order chi connectivity index (χ1) is 9.29. The number of rotatable bonds is 3. The van der Waals surface area contributed by atoms with E-state index < -0.39 is 23.5 Å². The van der Waals surface area contributed by atoms with E-state index in [0.29, 0.717) is 0 Å². The van der Waals surface area contributed by atoms with Gasteiger partial charge in [0.15, 0.2) is 5.69 Å². The van der Waals surface area contributed by atoms with Crippen LogP contribution in [0.25, 0.3) is 0 Å². The zero-order valence-corrected chi connectivity index (χ0v) is 10.4. The lowest BCUT2D eigenvalue weighted by molar-refractivity contribution is -0.0888. The quantitative estimate of drug-likeness (QED) is 0.647. The van der Waals surface area contributed by atoms with E-state index in [1.807, 2.05) is 0 Å². The van der Waals surface area contributed by atoms with Gasteiger partial charge in [-0.25, -0.2) is 9.07 Å². The van der Waals surface area contributed by atoms with E-state index in [1.54, 1.807) is 0 Å². The number of carbonyl (C=O) groups is 1. The molecular weight excluding hydrogens is 302 g/mol. The number of alkyl halides is 3. The molecule has 0 atom stereocenters. The summed E-state index contributed by atoms with van der Waals surface area (Å²) >= 11 is 5.77. The number of aromatic nitrogens is 3. The van der Waals surface area contributed by atoms with Gasteiger partial charge in [-0.2, -0.15) is 13.2 Å². The second-order valence-corrected chi connectivity index (χ2v) is 4.24. The Bertz CT molecular complexity index is 633. The number of ketones is 1. The van der Waals surface area contributed by atoms with E-state index in [2.05, 4.69) is 10.3 Å². The van der Waals surface area contributed by atoms with Crippen molar-refractivity contribution in [2.75, 3.05) is 0 Å². The molecular formula is C11H6ClF4N3O. The van der Waals surface area contributed by atoms with Gasteiger partial charge >= 0.3 is 6.18 Å². The largest absolute Gasteiger partial charge is 0.456 e. The first kappa shape index (κ1) is 14.4. The molecule has 2 rings (SSSR count). The fraction of sp³-hybridized carbons (Fsp3) is 0.182. The van der Waals surface area contributed by atoms with Gasteiger partial charge in [0, 0.05) is 10.6 Å². The molecule has 0 radical (unpaired) electrons. The molecule has 1 aromatic heterocycles. The van der Waals surface area contributed by atoms with E-state index in [-0.39, 0.29) is 17.1 Å². The smallest absolute Gasteiger partial charge is 0.282 e. The van der Waals surface area contributed by atoms with Crippen LogP contribution in [-0.2, 0) is 6.54 Å². The van der Waals surface area contributed by atoms with Crippen LogP contribution >= 0.6 is 11.6 Å². The normalized spacial score (nSPS) is 11.7. The van der Waals surface area contributed by atoms with Crippen molar-refractivity contribution in [3.63, 3.8) is 0 Å². The van der Waals surface area contributed by atoms with Crippen molar-refractivity contribution in [2.24, 2.45) is 0 Å². The summed E-state index contributed by atoms with van der Waals surface area (Å²) < 4.78 is 51.0. The second-order valence-electron chi connectivity index (χ2n) is 3.83. The maximum atomic E-state index is 13.5. The first-order valence-electron chi connectivity index (χ1n) is 5.23. The molecule has 0 fully saturated rings. The third-order valence-electron chi connectivity index (χ3n) is 2.41. The van der Waals surface area contributed by atoms with Gasteiger partial charge in [-0.1, -0.05) is 22.9 Å². The molecule has 1 heterocycles. The fourth-order valence-corrected chi connectivity index (χ4v) is 1.69. The molecule has 0 saturated heterocycles. The van der Waals surface area contributed by atoms with Crippen molar-refractivity contribution in [2.45, 2.75) is 12.7 Å². The Morgan fingerprint density at radius 2 is 2.05 bits per heavy atom. The number of Topliss-reactive ketones (excluding diaryl/α,β-unsaturated/α-hetero) is 1. The van der Waals surface area contributed by atoms with Gasteiger partial charge in [0.25, 0.3) is 5.78 Å². The van der Waals surface area contributed by atoms with Crippen LogP contribution < -0.4 is 0 Å². The molecule has 0 aliphatic heterocycles. The molecule has 0 amide bonds. The van der Waals surface area contributed by atoms with Gasteiger partial charge in [0.1, 0.15) is 5.82 Å². The van der Waals surface area contributed by atoms with Gasteiger partial charge in [-0.3, -0.25) is 4.79 Å². The van der Waals surface area contributed by atoms with Gasteiger partial charge in [-0.05, 0) is 12.1 Å². The molecule has 2 aromatic rings. The lowest BCUT2D eigenvalue weighted by Crippen LogP contribution is -2.23. The van der Waals surface area contributed by atoms with E-state index >= 15 is 0 Å².